The summed E-state index contributed by atoms with van der Waals surface area (Å²) in [7, 11) is 1.60. The summed E-state index contributed by atoms with van der Waals surface area (Å²) in [6.07, 6.45) is 4.01. The Hall–Kier alpha value is -2.68. The van der Waals surface area contributed by atoms with Crippen LogP contribution in [0.4, 0.5) is 10.1 Å². The first-order chi connectivity index (χ1) is 15.3. The van der Waals surface area contributed by atoms with E-state index in [2.05, 4.69) is 4.90 Å². The number of esters is 1. The summed E-state index contributed by atoms with van der Waals surface area (Å²) in [4.78, 5) is 27.8. The molecular weight excluding hydrogens is 415 g/mol. The Labute approximate surface area is 188 Å². The zero-order valence-electron chi connectivity index (χ0n) is 18.7. The molecule has 1 aromatic rings. The van der Waals surface area contributed by atoms with Gasteiger partial charge in [-0.15, -0.1) is 0 Å². The first-order valence-electron chi connectivity index (χ1n) is 11.1. The maximum atomic E-state index is 15.1. The molecule has 0 atom stereocenters. The number of benzene rings is 1. The van der Waals surface area contributed by atoms with Gasteiger partial charge in [0.25, 0.3) is 0 Å². The third-order valence-electron chi connectivity index (χ3n) is 6.64. The van der Waals surface area contributed by atoms with Gasteiger partial charge in [-0.3, -0.25) is 15.0 Å². The third-order valence-corrected chi connectivity index (χ3v) is 6.64. The lowest BCUT2D eigenvalue weighted by molar-refractivity contribution is -0.143. The van der Waals surface area contributed by atoms with E-state index < -0.39 is 5.97 Å². The largest absolute Gasteiger partial charge is 0.460 e. The molecule has 2 saturated heterocycles. The van der Waals surface area contributed by atoms with Crippen LogP contribution < -0.4 is 10.6 Å². The van der Waals surface area contributed by atoms with Crippen LogP contribution in [0, 0.1) is 16.6 Å². The summed E-state index contributed by atoms with van der Waals surface area (Å²) >= 11 is 0. The van der Waals surface area contributed by atoms with Gasteiger partial charge in [0.15, 0.2) is 5.82 Å². The van der Waals surface area contributed by atoms with Gasteiger partial charge in [-0.05, 0) is 37.2 Å². The highest BCUT2D eigenvalue weighted by molar-refractivity contribution is 5.94. The van der Waals surface area contributed by atoms with Crippen molar-refractivity contribution in [3.05, 3.63) is 29.6 Å². The number of hydrogen-bond donors (Lipinski definition) is 2. The molecule has 3 rings (SSSR count). The topological polar surface area (TPSA) is 109 Å². The van der Waals surface area contributed by atoms with Crippen molar-refractivity contribution >= 4 is 23.4 Å². The molecule has 0 unspecified atom stereocenters. The fraction of sp³-hybridized carbons (Fsp3) is 0.609. The molecule has 0 radical (unpaired) electrons. The number of ether oxygens (including phenoxy) is 2. The number of carbonyl (C=O) groups excluding carboxylic acids is 2. The normalized spacial score (nSPS) is 17.9. The third kappa shape index (κ3) is 5.97. The number of nitrogens with one attached hydrogen (secondary N) is 1. The van der Waals surface area contributed by atoms with E-state index in [0.29, 0.717) is 24.3 Å². The van der Waals surface area contributed by atoms with Crippen LogP contribution in [0.1, 0.15) is 44.1 Å². The van der Waals surface area contributed by atoms with Gasteiger partial charge in [0.2, 0.25) is 5.91 Å². The van der Waals surface area contributed by atoms with Crippen LogP contribution >= 0.6 is 0 Å². The Morgan fingerprint density at radius 3 is 2.44 bits per heavy atom. The second-order valence-electron chi connectivity index (χ2n) is 8.72. The molecule has 1 aromatic carbocycles. The van der Waals surface area contributed by atoms with Crippen LogP contribution in [-0.4, -0.2) is 62.5 Å². The summed E-state index contributed by atoms with van der Waals surface area (Å²) in [5.41, 5.74) is 6.23. The Morgan fingerprint density at radius 1 is 1.16 bits per heavy atom. The Balaban J connectivity index is 1.54. The van der Waals surface area contributed by atoms with Crippen molar-refractivity contribution in [1.82, 2.24) is 4.90 Å². The minimum Gasteiger partial charge on any atom is -0.460 e. The summed E-state index contributed by atoms with van der Waals surface area (Å²) in [6, 6.07) is 5.12. The number of hydrogen-bond acceptors (Lipinski definition) is 6. The number of piperidine rings is 2. The molecule has 8 nitrogen and oxygen atoms in total. The van der Waals surface area contributed by atoms with Crippen molar-refractivity contribution in [2.75, 3.05) is 44.8 Å². The number of carbonyl (C=O) groups is 2. The van der Waals surface area contributed by atoms with E-state index in [0.717, 1.165) is 51.9 Å². The molecule has 2 aliphatic rings. The minimum atomic E-state index is -0.644. The SMILES string of the molecule is COCCC(=O)N1CCC2(CC1)CCN(c1cccc(COC(=O)CC(=N)N)c1F)CC2. The maximum absolute atomic E-state index is 15.1. The lowest BCUT2D eigenvalue weighted by Gasteiger charge is -2.47. The van der Waals surface area contributed by atoms with Crippen LogP contribution in [-0.2, 0) is 25.7 Å². The zero-order valence-corrected chi connectivity index (χ0v) is 18.7. The molecule has 2 heterocycles. The summed E-state index contributed by atoms with van der Waals surface area (Å²) in [5, 5.41) is 7.13. The van der Waals surface area contributed by atoms with Gasteiger partial charge in [0.05, 0.1) is 18.7 Å². The van der Waals surface area contributed by atoms with E-state index in [4.69, 9.17) is 20.6 Å². The molecule has 176 valence electrons. The highest BCUT2D eigenvalue weighted by Crippen LogP contribution is 2.42. The molecule has 2 aliphatic heterocycles. The molecule has 0 bridgehead atoms. The number of nitrogens with two attached hydrogens (primary N) is 1. The Bertz CT molecular complexity index is 829. The van der Waals surface area contributed by atoms with Gasteiger partial charge < -0.3 is 25.0 Å². The highest BCUT2D eigenvalue weighted by atomic mass is 19.1. The second kappa shape index (κ2) is 10.8. The van der Waals surface area contributed by atoms with Crippen molar-refractivity contribution in [3.63, 3.8) is 0 Å². The number of halogens is 1. The standard InChI is InChI=1S/C23H33FN4O4/c1-31-14-5-20(29)28-12-8-23(9-13-28)6-10-27(11-7-23)18-4-2-3-17(22(18)24)16-32-21(30)15-19(25)26/h2-4H,5-16H2,1H3,(H3,25,26). The van der Waals surface area contributed by atoms with Crippen LogP contribution in [0.3, 0.4) is 0 Å². The Kier molecular flexibility index (Phi) is 8.06. The predicted molar refractivity (Wildman–Crippen MR) is 119 cm³/mol. The van der Waals surface area contributed by atoms with Crippen LogP contribution in [0.25, 0.3) is 0 Å². The lowest BCUT2D eigenvalue weighted by atomic mass is 9.71. The van der Waals surface area contributed by atoms with E-state index in [1.54, 1.807) is 25.3 Å². The molecule has 3 N–H and O–H groups in total. The average Bonchev–Trinajstić information content (AvgIpc) is 2.77. The predicted octanol–water partition coefficient (Wildman–Crippen LogP) is 2.44. The maximum Gasteiger partial charge on any atom is 0.313 e. The second-order valence-corrected chi connectivity index (χ2v) is 8.72. The molecule has 1 amide bonds. The van der Waals surface area contributed by atoms with E-state index in [9.17, 15) is 9.59 Å². The fourth-order valence-electron chi connectivity index (χ4n) is 4.59. The number of amides is 1. The van der Waals surface area contributed by atoms with Gasteiger partial charge in [-0.1, -0.05) is 12.1 Å². The summed E-state index contributed by atoms with van der Waals surface area (Å²) in [5.74, 6) is -1.15. The van der Waals surface area contributed by atoms with Crippen molar-refractivity contribution in [1.29, 1.82) is 5.41 Å². The quantitative estimate of drug-likeness (QED) is 0.359. The van der Waals surface area contributed by atoms with Crippen molar-refractivity contribution in [3.8, 4) is 0 Å². The number of methoxy groups -OCH3 is 1. The first kappa shape index (κ1) is 24.0. The van der Waals surface area contributed by atoms with Gasteiger partial charge in [-0.2, -0.15) is 0 Å². The Morgan fingerprint density at radius 2 is 1.81 bits per heavy atom. The van der Waals surface area contributed by atoms with Gasteiger partial charge in [0, 0.05) is 38.9 Å². The molecule has 2 fully saturated rings. The van der Waals surface area contributed by atoms with Crippen LogP contribution in [0.15, 0.2) is 18.2 Å². The van der Waals surface area contributed by atoms with E-state index in [-0.39, 0.29) is 36.0 Å². The zero-order chi connectivity index (χ0) is 23.1. The van der Waals surface area contributed by atoms with Crippen molar-refractivity contribution in [2.45, 2.75) is 45.1 Å². The number of amidine groups is 1. The monoisotopic (exact) mass is 448 g/mol. The minimum absolute atomic E-state index is 0.155. The van der Waals surface area contributed by atoms with Gasteiger partial charge in [0.1, 0.15) is 18.9 Å². The molecule has 32 heavy (non-hydrogen) atoms. The molecule has 0 saturated carbocycles. The highest BCUT2D eigenvalue weighted by Gasteiger charge is 2.38. The van der Waals surface area contributed by atoms with Gasteiger partial charge >= 0.3 is 5.97 Å². The number of nitrogens with zero attached hydrogens (tertiary/aromatic N) is 2. The van der Waals surface area contributed by atoms with Crippen LogP contribution in [0.2, 0.25) is 0 Å². The molecule has 9 heteroatoms. The van der Waals surface area contributed by atoms with Crippen molar-refractivity contribution in [2.24, 2.45) is 11.1 Å². The smallest absolute Gasteiger partial charge is 0.313 e. The number of anilines is 1. The number of likely N-dealkylation sites (tertiary alicyclic amines) is 1. The summed E-state index contributed by atoms with van der Waals surface area (Å²) < 4.78 is 25.1. The average molecular weight is 449 g/mol. The summed E-state index contributed by atoms with van der Waals surface area (Å²) in [6.45, 7) is 3.33. The molecule has 0 aliphatic carbocycles. The van der Waals surface area contributed by atoms with Crippen molar-refractivity contribution < 1.29 is 23.5 Å². The van der Waals surface area contributed by atoms with E-state index in [1.165, 1.54) is 0 Å². The van der Waals surface area contributed by atoms with E-state index >= 15 is 4.39 Å². The fourth-order valence-corrected chi connectivity index (χ4v) is 4.59. The first-order valence-corrected chi connectivity index (χ1v) is 11.1. The molecular formula is C23H33FN4O4. The van der Waals surface area contributed by atoms with Gasteiger partial charge in [-0.25, -0.2) is 4.39 Å². The lowest BCUT2D eigenvalue weighted by Crippen LogP contribution is -2.48. The molecule has 0 aromatic heterocycles. The molecule has 1 spiro atoms. The van der Waals surface area contributed by atoms with E-state index in [1.807, 2.05) is 4.90 Å². The van der Waals surface area contributed by atoms with Crippen LogP contribution in [0.5, 0.6) is 0 Å². The number of rotatable bonds is 8.